The molecule has 0 aromatic heterocycles. The zero-order chi connectivity index (χ0) is 30.1. The van der Waals surface area contributed by atoms with E-state index in [0.717, 1.165) is 16.7 Å². The molecule has 0 unspecified atom stereocenters. The minimum atomic E-state index is -0.643. The summed E-state index contributed by atoms with van der Waals surface area (Å²) in [7, 11) is 0. The Labute approximate surface area is 246 Å². The van der Waals surface area contributed by atoms with Crippen LogP contribution in [0, 0.1) is 0 Å². The number of nitrogens with zero attached hydrogens (tertiary/aromatic N) is 2. The third-order valence-corrected chi connectivity index (χ3v) is 6.60. The van der Waals surface area contributed by atoms with Gasteiger partial charge in [0.2, 0.25) is 0 Å². The number of hydrogen-bond donors (Lipinski definition) is 1. The number of imide groups is 1. The Morgan fingerprint density at radius 2 is 1.38 bits per heavy atom. The summed E-state index contributed by atoms with van der Waals surface area (Å²) < 4.78 is 10.9. The van der Waals surface area contributed by atoms with E-state index in [4.69, 9.17) is 9.47 Å². The molecule has 220 valence electrons. The summed E-state index contributed by atoms with van der Waals surface area (Å²) in [6, 6.07) is 23.8. The van der Waals surface area contributed by atoms with E-state index in [1.165, 1.54) is 4.90 Å². The summed E-state index contributed by atoms with van der Waals surface area (Å²) in [5.41, 5.74) is 2.81. The van der Waals surface area contributed by atoms with Crippen LogP contribution in [0.15, 0.2) is 78.9 Å². The quantitative estimate of drug-likeness (QED) is 0.226. The Morgan fingerprint density at radius 1 is 0.786 bits per heavy atom. The summed E-state index contributed by atoms with van der Waals surface area (Å²) in [6.45, 7) is 7.02. The molecule has 0 radical (unpaired) electrons. The number of alkyl carbamates (subject to hydrolysis) is 1. The molecule has 0 bridgehead atoms. The number of ether oxygens (including phenoxy) is 2. The van der Waals surface area contributed by atoms with Crippen molar-refractivity contribution in [2.75, 3.05) is 13.1 Å². The number of fused-ring (bicyclic) bond motifs is 1. The van der Waals surface area contributed by atoms with Crippen molar-refractivity contribution < 1.29 is 28.7 Å². The van der Waals surface area contributed by atoms with Gasteiger partial charge in [0.05, 0.1) is 17.7 Å². The lowest BCUT2D eigenvalue weighted by atomic mass is 10.1. The van der Waals surface area contributed by atoms with Gasteiger partial charge in [-0.1, -0.05) is 66.7 Å². The Morgan fingerprint density at radius 3 is 2.00 bits per heavy atom. The predicted molar refractivity (Wildman–Crippen MR) is 158 cm³/mol. The molecule has 3 aromatic rings. The van der Waals surface area contributed by atoms with E-state index in [0.29, 0.717) is 43.6 Å². The van der Waals surface area contributed by atoms with Gasteiger partial charge in [0.25, 0.3) is 11.8 Å². The Bertz CT molecular complexity index is 1360. The molecule has 1 N–H and O–H groups in total. The van der Waals surface area contributed by atoms with E-state index in [1.807, 2.05) is 75.4 Å². The van der Waals surface area contributed by atoms with Gasteiger partial charge in [-0.15, -0.1) is 0 Å². The lowest BCUT2D eigenvalue weighted by Crippen LogP contribution is -2.37. The minimum absolute atomic E-state index is 0.170. The van der Waals surface area contributed by atoms with Crippen LogP contribution in [-0.2, 0) is 29.2 Å². The van der Waals surface area contributed by atoms with E-state index in [-0.39, 0.29) is 25.0 Å². The lowest BCUT2D eigenvalue weighted by molar-refractivity contribution is 0.0229. The van der Waals surface area contributed by atoms with Crippen LogP contribution in [0.5, 0.6) is 0 Å². The highest BCUT2D eigenvalue weighted by atomic mass is 16.6. The average molecular weight is 572 g/mol. The smallest absolute Gasteiger partial charge is 0.410 e. The molecule has 1 heterocycles. The second-order valence-corrected chi connectivity index (χ2v) is 11.2. The number of rotatable bonds is 11. The molecule has 9 nitrogen and oxygen atoms in total. The third-order valence-electron chi connectivity index (χ3n) is 6.60. The highest BCUT2D eigenvalue weighted by Crippen LogP contribution is 2.24. The van der Waals surface area contributed by atoms with E-state index < -0.39 is 17.8 Å². The number of carbonyl (C=O) groups excluding carboxylic acids is 4. The summed E-state index contributed by atoms with van der Waals surface area (Å²) in [5.74, 6) is -0.593. The zero-order valence-corrected chi connectivity index (χ0v) is 24.3. The normalized spacial score (nSPS) is 12.6. The van der Waals surface area contributed by atoms with Crippen LogP contribution in [-0.4, -0.2) is 52.5 Å². The fourth-order valence-corrected chi connectivity index (χ4v) is 4.49. The van der Waals surface area contributed by atoms with Crippen LogP contribution < -0.4 is 5.32 Å². The molecule has 0 saturated heterocycles. The molecule has 9 heteroatoms. The Hall–Kier alpha value is -4.66. The van der Waals surface area contributed by atoms with Gasteiger partial charge in [-0.3, -0.25) is 14.5 Å². The molecule has 3 aromatic carbocycles. The topological polar surface area (TPSA) is 105 Å². The fourth-order valence-electron chi connectivity index (χ4n) is 4.49. The number of benzene rings is 3. The van der Waals surface area contributed by atoms with Crippen molar-refractivity contribution >= 4 is 24.0 Å². The van der Waals surface area contributed by atoms with Gasteiger partial charge in [-0.25, -0.2) is 9.59 Å². The van der Waals surface area contributed by atoms with Crippen molar-refractivity contribution in [3.05, 3.63) is 107 Å². The van der Waals surface area contributed by atoms with Gasteiger partial charge in [-0.05, 0) is 62.4 Å². The first kappa shape index (κ1) is 30.3. The highest BCUT2D eigenvalue weighted by molar-refractivity contribution is 6.21. The summed E-state index contributed by atoms with van der Waals surface area (Å²) in [4.78, 5) is 53.3. The monoisotopic (exact) mass is 571 g/mol. The second kappa shape index (κ2) is 13.8. The third kappa shape index (κ3) is 8.42. The van der Waals surface area contributed by atoms with Crippen LogP contribution in [0.3, 0.4) is 0 Å². The van der Waals surface area contributed by atoms with E-state index >= 15 is 0 Å². The van der Waals surface area contributed by atoms with Gasteiger partial charge in [-0.2, -0.15) is 0 Å². The predicted octanol–water partition coefficient (Wildman–Crippen LogP) is 5.93. The number of hydrogen-bond acceptors (Lipinski definition) is 6. The number of carbonyl (C=O) groups is 4. The van der Waals surface area contributed by atoms with Gasteiger partial charge in [0.1, 0.15) is 12.2 Å². The molecule has 4 amide bonds. The Balaban J connectivity index is 1.28. The van der Waals surface area contributed by atoms with Crippen LogP contribution in [0.2, 0.25) is 0 Å². The maximum Gasteiger partial charge on any atom is 0.410 e. The van der Waals surface area contributed by atoms with Crippen LogP contribution >= 0.6 is 0 Å². The molecule has 0 fully saturated rings. The van der Waals surface area contributed by atoms with Gasteiger partial charge in [0, 0.05) is 19.6 Å². The fraction of sp³-hybridized carbons (Fsp3) is 0.333. The molecule has 0 atom stereocenters. The molecular formula is C33H37N3O6. The van der Waals surface area contributed by atoms with Gasteiger partial charge in [0.15, 0.2) is 0 Å². The molecule has 0 spiro atoms. The van der Waals surface area contributed by atoms with Crippen molar-refractivity contribution in [1.82, 2.24) is 15.1 Å². The standard InChI is InChI=1S/C33H37N3O6/c1-33(2,3)42-32(40)35(20-10-9-19-34-31(39)41-23-26-11-5-4-6-12-26)21-24-15-17-25(18-16-24)22-36-29(37)27-13-7-8-14-28(27)30(36)38/h4-8,11-18H,9-10,19-23H2,1-3H3,(H,34,39). The molecule has 4 rings (SSSR count). The van der Waals surface area contributed by atoms with Crippen LogP contribution in [0.1, 0.15) is 71.0 Å². The van der Waals surface area contributed by atoms with Crippen molar-refractivity contribution in [2.45, 2.75) is 58.9 Å². The molecule has 1 aliphatic rings. The van der Waals surface area contributed by atoms with Gasteiger partial charge < -0.3 is 19.7 Å². The molecule has 0 saturated carbocycles. The first-order valence-corrected chi connectivity index (χ1v) is 14.1. The molecule has 42 heavy (non-hydrogen) atoms. The van der Waals surface area contributed by atoms with Crippen molar-refractivity contribution in [3.8, 4) is 0 Å². The first-order valence-electron chi connectivity index (χ1n) is 14.1. The highest BCUT2D eigenvalue weighted by Gasteiger charge is 2.35. The van der Waals surface area contributed by atoms with E-state index in [1.54, 1.807) is 29.2 Å². The first-order chi connectivity index (χ1) is 20.1. The lowest BCUT2D eigenvalue weighted by Gasteiger charge is -2.27. The van der Waals surface area contributed by atoms with Crippen LogP contribution in [0.4, 0.5) is 9.59 Å². The summed E-state index contributed by atoms with van der Waals surface area (Å²) >= 11 is 0. The largest absolute Gasteiger partial charge is 0.445 e. The van der Waals surface area contributed by atoms with E-state index in [9.17, 15) is 19.2 Å². The van der Waals surface area contributed by atoms with Crippen molar-refractivity contribution in [1.29, 1.82) is 0 Å². The van der Waals surface area contributed by atoms with Gasteiger partial charge >= 0.3 is 12.2 Å². The minimum Gasteiger partial charge on any atom is -0.445 e. The number of amides is 4. The molecule has 1 aliphatic heterocycles. The maximum absolute atomic E-state index is 13.0. The zero-order valence-electron chi connectivity index (χ0n) is 24.3. The molecule has 0 aliphatic carbocycles. The number of nitrogens with one attached hydrogen (secondary N) is 1. The maximum atomic E-state index is 13.0. The molecular weight excluding hydrogens is 534 g/mol. The Kier molecular flexibility index (Phi) is 9.96. The van der Waals surface area contributed by atoms with Crippen LogP contribution in [0.25, 0.3) is 0 Å². The summed E-state index contributed by atoms with van der Waals surface area (Å²) in [6.07, 6.45) is 0.395. The number of unbranched alkanes of at least 4 members (excludes halogenated alkanes) is 1. The van der Waals surface area contributed by atoms with Crippen molar-refractivity contribution in [2.24, 2.45) is 0 Å². The average Bonchev–Trinajstić information content (AvgIpc) is 3.20. The summed E-state index contributed by atoms with van der Waals surface area (Å²) in [5, 5.41) is 2.74. The van der Waals surface area contributed by atoms with E-state index in [2.05, 4.69) is 5.32 Å². The SMILES string of the molecule is CC(C)(C)OC(=O)N(CCCCNC(=O)OCc1ccccc1)Cc1ccc(CN2C(=O)c3ccccc3C2=O)cc1. The van der Waals surface area contributed by atoms with Crippen molar-refractivity contribution in [3.63, 3.8) is 0 Å². The second-order valence-electron chi connectivity index (χ2n) is 11.2.